The molecule has 0 spiro atoms. The lowest BCUT2D eigenvalue weighted by molar-refractivity contribution is -0.137. The van der Waals surface area contributed by atoms with Gasteiger partial charge in [-0.1, -0.05) is 0 Å². The van der Waals surface area contributed by atoms with Crippen molar-refractivity contribution in [2.24, 2.45) is 10.7 Å². The first kappa shape index (κ1) is 14.2. The lowest BCUT2D eigenvalue weighted by atomic mass is 10.1. The summed E-state index contributed by atoms with van der Waals surface area (Å²) in [5.74, 6) is 0.310. The Labute approximate surface area is 107 Å². The fraction of sp³-hybridized carbons (Fsp3) is 0.500. The minimum atomic E-state index is -0.372. The number of amidine groups is 1. The molecule has 0 saturated heterocycles. The number of hydrogen-bond donors (Lipinski definition) is 3. The zero-order valence-electron chi connectivity index (χ0n) is 11.0. The Morgan fingerprint density at radius 2 is 2.22 bits per heavy atom. The third kappa shape index (κ3) is 3.89. The number of hydrogen-bond acceptors (Lipinski definition) is 5. The van der Waals surface area contributed by atoms with Gasteiger partial charge in [-0.15, -0.1) is 0 Å². The Morgan fingerprint density at radius 1 is 1.50 bits per heavy atom. The normalized spacial score (nSPS) is 22.0. The van der Waals surface area contributed by atoms with Crippen LogP contribution in [0.1, 0.15) is 20.8 Å². The summed E-state index contributed by atoms with van der Waals surface area (Å²) >= 11 is 0. The van der Waals surface area contributed by atoms with Gasteiger partial charge in [0.1, 0.15) is 5.84 Å². The van der Waals surface area contributed by atoms with E-state index < -0.39 is 0 Å². The smallest absolute Gasteiger partial charge is 0.330 e. The van der Waals surface area contributed by atoms with Crippen molar-refractivity contribution in [2.45, 2.75) is 27.1 Å². The predicted octanol–water partition coefficient (Wildman–Crippen LogP) is 0.233. The second-order valence-corrected chi connectivity index (χ2v) is 3.71. The van der Waals surface area contributed by atoms with E-state index in [0.717, 1.165) is 11.3 Å². The fourth-order valence-corrected chi connectivity index (χ4v) is 1.58. The number of nitrogens with one attached hydrogen (secondary N) is 2. The number of carbonyl (C=O) groups excluding carboxylic acids is 1. The van der Waals surface area contributed by atoms with E-state index >= 15 is 0 Å². The Hall–Kier alpha value is -1.82. The Kier molecular flexibility index (Phi) is 5.38. The summed E-state index contributed by atoms with van der Waals surface area (Å²) < 4.78 is 4.83. The molecule has 6 nitrogen and oxygen atoms in total. The summed E-state index contributed by atoms with van der Waals surface area (Å²) in [4.78, 5) is 15.6. The van der Waals surface area contributed by atoms with Gasteiger partial charge in [0.25, 0.3) is 0 Å². The van der Waals surface area contributed by atoms with E-state index in [0.29, 0.717) is 19.0 Å². The van der Waals surface area contributed by atoms with Crippen molar-refractivity contribution in [1.29, 1.82) is 0 Å². The van der Waals surface area contributed by atoms with Gasteiger partial charge in [-0.3, -0.25) is 10.7 Å². The predicted molar refractivity (Wildman–Crippen MR) is 70.7 cm³/mol. The van der Waals surface area contributed by atoms with Crippen LogP contribution in [0.3, 0.4) is 0 Å². The van der Waals surface area contributed by atoms with Gasteiger partial charge in [0.05, 0.1) is 6.61 Å². The van der Waals surface area contributed by atoms with Gasteiger partial charge >= 0.3 is 5.97 Å². The molecule has 6 heteroatoms. The van der Waals surface area contributed by atoms with Gasteiger partial charge in [-0.2, -0.15) is 0 Å². The van der Waals surface area contributed by atoms with Gasteiger partial charge < -0.3 is 15.4 Å². The van der Waals surface area contributed by atoms with Crippen molar-refractivity contribution in [3.05, 3.63) is 23.4 Å². The van der Waals surface area contributed by atoms with Crippen LogP contribution in [0, 0.1) is 0 Å². The summed E-state index contributed by atoms with van der Waals surface area (Å²) in [5.41, 5.74) is 7.44. The summed E-state index contributed by atoms with van der Waals surface area (Å²) in [6.45, 7) is 6.58. The van der Waals surface area contributed by atoms with Gasteiger partial charge in [0.2, 0.25) is 0 Å². The molecular formula is C12H20N4O2. The number of rotatable bonds is 4. The molecule has 0 aromatic heterocycles. The monoisotopic (exact) mass is 252 g/mol. The van der Waals surface area contributed by atoms with E-state index in [-0.39, 0.29) is 12.3 Å². The molecule has 0 fully saturated rings. The fourth-order valence-electron chi connectivity index (χ4n) is 1.58. The second kappa shape index (κ2) is 6.80. The molecule has 0 saturated carbocycles. The highest BCUT2D eigenvalue weighted by Crippen LogP contribution is 2.10. The van der Waals surface area contributed by atoms with Crippen molar-refractivity contribution in [2.75, 3.05) is 13.2 Å². The lowest BCUT2D eigenvalue weighted by Crippen LogP contribution is -2.55. The summed E-state index contributed by atoms with van der Waals surface area (Å²) in [7, 11) is 0. The van der Waals surface area contributed by atoms with E-state index in [2.05, 4.69) is 15.6 Å². The molecule has 0 bridgehead atoms. The van der Waals surface area contributed by atoms with E-state index in [1.807, 2.05) is 13.8 Å². The maximum absolute atomic E-state index is 11.3. The van der Waals surface area contributed by atoms with Crippen LogP contribution in [-0.2, 0) is 9.53 Å². The van der Waals surface area contributed by atoms with Gasteiger partial charge in [-0.05, 0) is 26.8 Å². The third-order valence-electron chi connectivity index (χ3n) is 2.31. The Balaban J connectivity index is 2.91. The highest BCUT2D eigenvalue weighted by molar-refractivity contribution is 6.03. The van der Waals surface area contributed by atoms with E-state index in [1.165, 1.54) is 6.08 Å². The van der Waals surface area contributed by atoms with Crippen LogP contribution >= 0.6 is 0 Å². The van der Waals surface area contributed by atoms with Crippen LogP contribution in [0.4, 0.5) is 0 Å². The van der Waals surface area contributed by atoms with Crippen LogP contribution in [0.2, 0.25) is 0 Å². The molecule has 1 aliphatic heterocycles. The van der Waals surface area contributed by atoms with Crippen LogP contribution in [0.5, 0.6) is 0 Å². The van der Waals surface area contributed by atoms with Crippen molar-refractivity contribution < 1.29 is 9.53 Å². The molecule has 1 atom stereocenters. The molecule has 0 aliphatic carbocycles. The Bertz CT molecular complexity index is 399. The maximum Gasteiger partial charge on any atom is 0.330 e. The molecule has 1 aliphatic rings. The van der Waals surface area contributed by atoms with Crippen molar-refractivity contribution >= 4 is 11.8 Å². The van der Waals surface area contributed by atoms with Gasteiger partial charge in [0, 0.05) is 23.9 Å². The molecule has 1 heterocycles. The average Bonchev–Trinajstić information content (AvgIpc) is 2.28. The molecule has 0 radical (unpaired) electrons. The highest BCUT2D eigenvalue weighted by Gasteiger charge is 2.17. The van der Waals surface area contributed by atoms with E-state index in [1.54, 1.807) is 13.0 Å². The van der Waals surface area contributed by atoms with Gasteiger partial charge in [-0.25, -0.2) is 4.79 Å². The van der Waals surface area contributed by atoms with Crippen LogP contribution in [0.15, 0.2) is 28.4 Å². The lowest BCUT2D eigenvalue weighted by Gasteiger charge is -2.27. The zero-order chi connectivity index (χ0) is 13.5. The molecule has 0 amide bonds. The van der Waals surface area contributed by atoms with E-state index in [4.69, 9.17) is 10.5 Å². The van der Waals surface area contributed by atoms with E-state index in [9.17, 15) is 4.79 Å². The maximum atomic E-state index is 11.3. The SMILES string of the molecule is CCN=C1NC(N)NC(C)=C1/C=C/C(=O)OCC. The molecule has 18 heavy (non-hydrogen) atoms. The first-order chi connectivity index (χ1) is 8.58. The standard InChI is InChI=1S/C12H20N4O2/c1-4-14-11-9(6-7-10(17)18-5-2)8(3)15-12(13)16-11/h6-7,12,15H,4-5,13H2,1-3H3,(H,14,16)/b7-6+. The van der Waals surface area contributed by atoms with Crippen LogP contribution in [-0.4, -0.2) is 31.2 Å². The minimum absolute atomic E-state index is 0.360. The largest absolute Gasteiger partial charge is 0.463 e. The average molecular weight is 252 g/mol. The van der Waals surface area contributed by atoms with Gasteiger partial charge in [0.15, 0.2) is 6.29 Å². The topological polar surface area (TPSA) is 88.7 Å². The minimum Gasteiger partial charge on any atom is -0.463 e. The summed E-state index contributed by atoms with van der Waals surface area (Å²) in [6.07, 6.45) is 2.69. The van der Waals surface area contributed by atoms with Crippen molar-refractivity contribution in [3.8, 4) is 0 Å². The second-order valence-electron chi connectivity index (χ2n) is 3.71. The summed E-state index contributed by atoms with van der Waals surface area (Å²) in [6, 6.07) is 0. The van der Waals surface area contributed by atoms with Crippen LogP contribution < -0.4 is 16.4 Å². The first-order valence-corrected chi connectivity index (χ1v) is 5.97. The number of allylic oxidation sites excluding steroid dienone is 1. The number of carbonyl (C=O) groups is 1. The van der Waals surface area contributed by atoms with Crippen molar-refractivity contribution in [1.82, 2.24) is 10.6 Å². The van der Waals surface area contributed by atoms with Crippen molar-refractivity contribution in [3.63, 3.8) is 0 Å². The molecule has 4 N–H and O–H groups in total. The number of nitrogens with zero attached hydrogens (tertiary/aromatic N) is 1. The molecule has 0 aromatic rings. The number of ether oxygens (including phenoxy) is 1. The Morgan fingerprint density at radius 3 is 2.83 bits per heavy atom. The molecular weight excluding hydrogens is 232 g/mol. The highest BCUT2D eigenvalue weighted by atomic mass is 16.5. The quantitative estimate of drug-likeness (QED) is 0.492. The number of esters is 1. The van der Waals surface area contributed by atoms with Crippen LogP contribution in [0.25, 0.3) is 0 Å². The molecule has 1 rings (SSSR count). The first-order valence-electron chi connectivity index (χ1n) is 5.97. The number of nitrogens with two attached hydrogens (primary N) is 1. The molecule has 100 valence electrons. The number of aliphatic imine (C=N–C) groups is 1. The molecule has 0 aromatic carbocycles. The zero-order valence-corrected chi connectivity index (χ0v) is 11.0. The third-order valence-corrected chi connectivity index (χ3v) is 2.31. The molecule has 1 unspecified atom stereocenters. The summed E-state index contributed by atoms with van der Waals surface area (Å²) in [5, 5.41) is 6.04.